The number of ether oxygens (including phenoxy) is 1. The third-order valence-electron chi connectivity index (χ3n) is 22.8. The number of anilines is 4. The third kappa shape index (κ3) is 26.4. The first-order valence-corrected chi connectivity index (χ1v) is 51.3. The van der Waals surface area contributed by atoms with Gasteiger partial charge in [0.1, 0.15) is 9.79 Å². The first-order chi connectivity index (χ1) is 61.8. The number of nitrogens with one attached hydrogen (secondary N) is 4. The van der Waals surface area contributed by atoms with Crippen LogP contribution in [0, 0.1) is 0 Å². The minimum absolute atomic E-state index is 0.0333. The first kappa shape index (κ1) is 97.8. The summed E-state index contributed by atoms with van der Waals surface area (Å²) in [6.45, 7) is 13.8. The number of thioether (sulfide) groups is 2. The van der Waals surface area contributed by atoms with Crippen LogP contribution in [-0.2, 0) is 51.2 Å². The zero-order valence-electron chi connectivity index (χ0n) is 70.7. The number of rotatable bonds is 34. The highest BCUT2D eigenvalue weighted by Crippen LogP contribution is 2.46. The number of aliphatic hydroxyl groups is 1. The molecule has 0 spiro atoms. The molecule has 0 bridgehead atoms. The molecule has 36 heteroatoms. The van der Waals surface area contributed by atoms with E-state index in [1.54, 1.807) is 36.4 Å². The third-order valence-corrected chi connectivity index (χ3v) is 32.3. The van der Waals surface area contributed by atoms with Gasteiger partial charge in [0.25, 0.3) is 31.5 Å². The number of aliphatic hydroxyl groups excluding tert-OH is 1. The highest BCUT2D eigenvalue weighted by atomic mass is 35.5. The average Bonchev–Trinajstić information content (AvgIpc) is 0.771. The van der Waals surface area contributed by atoms with Crippen molar-refractivity contribution in [3.05, 3.63) is 275 Å². The van der Waals surface area contributed by atoms with Gasteiger partial charge in [-0.15, -0.1) is 23.5 Å². The van der Waals surface area contributed by atoms with E-state index in [-0.39, 0.29) is 35.2 Å². The molecule has 4 heterocycles. The van der Waals surface area contributed by atoms with Gasteiger partial charge >= 0.3 is 26.1 Å². The summed E-state index contributed by atoms with van der Waals surface area (Å²) in [5, 5.41) is 20.8. The lowest BCUT2D eigenvalue weighted by Crippen LogP contribution is -2.46. The minimum atomic E-state index is -6.02. The monoisotopic (exact) mass is 1920 g/mol. The molecule has 0 aromatic heterocycles. The van der Waals surface area contributed by atoms with E-state index in [0.29, 0.717) is 112 Å². The molecule has 4 saturated heterocycles. The molecule has 4 aliphatic heterocycles. The molecular formula is C93H102Cl2F6N10O12P2S4. The van der Waals surface area contributed by atoms with Crippen LogP contribution in [0.2, 0.25) is 10.0 Å². The smallest absolute Gasteiger partial charge is 0.393 e. The van der Waals surface area contributed by atoms with Gasteiger partial charge in [-0.3, -0.25) is 43.6 Å². The molecule has 10 aromatic rings. The summed E-state index contributed by atoms with van der Waals surface area (Å²) in [5.41, 5.74) is -3.33. The summed E-state index contributed by atoms with van der Waals surface area (Å²) in [6, 6.07) is 68.8. The largest absolute Gasteiger partial charge is 0.501 e. The van der Waals surface area contributed by atoms with Crippen molar-refractivity contribution in [1.29, 1.82) is 0 Å². The van der Waals surface area contributed by atoms with E-state index in [0.717, 1.165) is 127 Å². The Labute approximate surface area is 767 Å². The van der Waals surface area contributed by atoms with Crippen molar-refractivity contribution in [3.63, 3.8) is 0 Å². The Bertz CT molecular complexity index is 5760. The van der Waals surface area contributed by atoms with Crippen LogP contribution in [0.1, 0.15) is 64.4 Å². The lowest BCUT2D eigenvalue weighted by Gasteiger charge is -2.36. The molecule has 0 aliphatic carbocycles. The van der Waals surface area contributed by atoms with Gasteiger partial charge in [0.05, 0.1) is 47.9 Å². The van der Waals surface area contributed by atoms with Crippen LogP contribution in [0.15, 0.2) is 262 Å². The van der Waals surface area contributed by atoms with Gasteiger partial charge in [-0.05, 0) is 199 Å². The Morgan fingerprint density at radius 2 is 0.876 bits per heavy atom. The number of piperidine rings is 1. The Morgan fingerprint density at radius 3 is 1.29 bits per heavy atom. The maximum absolute atomic E-state index is 14.5. The quantitative estimate of drug-likeness (QED) is 0.0124. The minimum Gasteiger partial charge on any atom is -0.393 e. The molecule has 22 nitrogen and oxygen atoms in total. The first-order valence-electron chi connectivity index (χ1n) is 42.3. The molecule has 10 aromatic carbocycles. The van der Waals surface area contributed by atoms with E-state index in [2.05, 4.69) is 69.4 Å². The number of hydrogen-bond donors (Lipinski definition) is 6. The fourth-order valence-corrected chi connectivity index (χ4v) is 22.7. The van der Waals surface area contributed by atoms with Gasteiger partial charge < -0.3 is 44.6 Å². The number of amides is 2. The van der Waals surface area contributed by atoms with Crippen LogP contribution in [0.3, 0.4) is 0 Å². The van der Waals surface area contributed by atoms with Crippen molar-refractivity contribution < 1.29 is 81.2 Å². The van der Waals surface area contributed by atoms with Crippen molar-refractivity contribution in [2.45, 2.75) is 94.5 Å². The summed E-state index contributed by atoms with van der Waals surface area (Å²) >= 11 is 15.2. The molecule has 4 fully saturated rings. The maximum Gasteiger partial charge on any atom is 0.501 e. The number of benzene rings is 10. The average molecular weight is 1930 g/mol. The molecule has 0 saturated carbocycles. The number of likely N-dealkylation sites (tertiary alicyclic amines) is 1. The number of halogens is 8. The van der Waals surface area contributed by atoms with Gasteiger partial charge in [-0.25, -0.2) is 16.8 Å². The van der Waals surface area contributed by atoms with Gasteiger partial charge in [0.2, 0.25) is 0 Å². The SMILES string of the molecule is CCO[P@@](=O)(NC(=O)c1ccc(N2CCN(Cc3ccccc3-c3ccc(Cl)cc3)CC2)cc1)c1ccc(N[C@H](CCN2CCC(O)CC2)CSc2ccccc2)c(S(=O)(=O)C(F)(F)F)c1.O=C(NP(=O)(O)c1ccc(N[C@H](CCN2CCOCC2)CSc2ccccc2)c(S(=O)(=O)C(F)(F)F)c1)c1ccc(N2CCN(Cc3ccccc3-c3ccc(Cl)cc3)CC2)cc1. The molecule has 686 valence electrons. The number of sulfone groups is 2. The van der Waals surface area contributed by atoms with E-state index in [1.807, 2.05) is 139 Å². The normalized spacial score (nSPS) is 16.9. The summed E-state index contributed by atoms with van der Waals surface area (Å²) in [6.07, 6.45) is 1.74. The van der Waals surface area contributed by atoms with Crippen LogP contribution >= 0.6 is 61.8 Å². The van der Waals surface area contributed by atoms with E-state index >= 15 is 0 Å². The molecule has 2 amide bonds. The fourth-order valence-electron chi connectivity index (χ4n) is 15.6. The van der Waals surface area contributed by atoms with Crippen molar-refractivity contribution in [1.82, 2.24) is 29.8 Å². The molecule has 4 aliphatic rings. The van der Waals surface area contributed by atoms with Gasteiger partial charge in [-0.1, -0.05) is 132 Å². The fraction of sp³-hybridized carbons (Fsp3) is 0.333. The van der Waals surface area contributed by atoms with Crippen molar-refractivity contribution >= 4 is 127 Å². The Morgan fingerprint density at radius 1 is 0.488 bits per heavy atom. The van der Waals surface area contributed by atoms with Crippen molar-refractivity contribution in [2.24, 2.45) is 0 Å². The Hall–Kier alpha value is -8.76. The Kier molecular flexibility index (Phi) is 33.8. The molecule has 6 N–H and O–H groups in total. The topological polar surface area (TPSA) is 263 Å². The van der Waals surface area contributed by atoms with Crippen LogP contribution in [0.25, 0.3) is 22.3 Å². The molecule has 14 rings (SSSR count). The number of piperazine rings is 2. The van der Waals surface area contributed by atoms with E-state index < -0.39 is 90.0 Å². The molecule has 1 unspecified atom stereocenters. The number of morpholine rings is 1. The van der Waals surface area contributed by atoms with E-state index in [9.17, 15) is 71.9 Å². The number of carbonyl (C=O) groups is 2. The number of alkyl halides is 6. The van der Waals surface area contributed by atoms with Gasteiger partial charge in [-0.2, -0.15) is 26.3 Å². The van der Waals surface area contributed by atoms with E-state index in [1.165, 1.54) is 59.8 Å². The summed E-state index contributed by atoms with van der Waals surface area (Å²) < 4.78 is 177. The predicted molar refractivity (Wildman–Crippen MR) is 502 cm³/mol. The molecule has 4 atom stereocenters. The maximum atomic E-state index is 14.5. The summed E-state index contributed by atoms with van der Waals surface area (Å²) in [4.78, 5) is 51.1. The number of nitrogens with zero attached hydrogens (tertiary/aromatic N) is 6. The number of carbonyl (C=O) groups excluding carboxylic acids is 2. The molecular weight excluding hydrogens is 1820 g/mol. The second kappa shape index (κ2) is 44.6. The second-order valence-corrected chi connectivity index (χ2v) is 42.5. The lowest BCUT2D eigenvalue weighted by atomic mass is 9.99. The lowest BCUT2D eigenvalue weighted by molar-refractivity contribution is -0.0441. The van der Waals surface area contributed by atoms with Gasteiger partial charge in [0.15, 0.2) is 0 Å². The highest BCUT2D eigenvalue weighted by molar-refractivity contribution is 7.99. The predicted octanol–water partition coefficient (Wildman–Crippen LogP) is 17.5. The zero-order valence-corrected chi connectivity index (χ0v) is 77.3. The standard InChI is InChI=1S/C48H54ClF3N5O6PS2.C45H48ClF3N5O6PS2/c1-2-63-64(60,54-47(59)36-14-18-40(19-15-36)57-30-28-56(29-31-57)33-37-8-6-7-11-44(37)35-12-16-38(49)17-13-35)42-20-21-45(46(32-42)66(61,62)48(50,51)52)53-39(34-65-43-9-4-3-5-10-43)22-25-55-26-23-41(58)24-27-55;46-36-14-10-33(11-15-36)41-9-5-4-6-35(41)31-53-22-24-54(25-23-53)38-16-12-34(13-17-38)44(55)51-61(56,57)39-18-19-42(43(30-39)63(58,59)45(47,48)49)50-37(20-21-52-26-28-60-29-27-52)32-62-40-7-2-1-3-8-40/h3-21,32,39,41,53,58H,2,22-31,33-34H2,1H3,(H,54,59,60);1-19,30,37,50H,20-29,31-32H2,(H2,51,55,56,57)/t39-,64-;37-/m11/s1. The number of hydrogen-bond acceptors (Lipinski definition) is 21. The van der Waals surface area contributed by atoms with Crippen LogP contribution in [0.4, 0.5) is 49.1 Å². The second-order valence-electron chi connectivity index (χ2n) is 31.7. The zero-order chi connectivity index (χ0) is 91.5. The van der Waals surface area contributed by atoms with Gasteiger partial charge in [0, 0.05) is 171 Å². The van der Waals surface area contributed by atoms with Crippen LogP contribution < -0.4 is 41.2 Å². The summed E-state index contributed by atoms with van der Waals surface area (Å²) in [7, 11) is -21.5. The van der Waals surface area contributed by atoms with Crippen molar-refractivity contribution in [3.8, 4) is 22.3 Å². The molecule has 129 heavy (non-hydrogen) atoms. The summed E-state index contributed by atoms with van der Waals surface area (Å²) in [5.74, 6) is -1.00. The molecule has 0 radical (unpaired) electrons. The van der Waals surface area contributed by atoms with Crippen molar-refractivity contribution in [2.75, 3.05) is 143 Å². The van der Waals surface area contributed by atoms with Crippen LogP contribution in [-0.4, -0.2) is 210 Å². The van der Waals surface area contributed by atoms with E-state index in [4.69, 9.17) is 32.5 Å². The Balaban J connectivity index is 0.000000220. The highest BCUT2D eigenvalue weighted by Gasteiger charge is 2.50. The van der Waals surface area contributed by atoms with Crippen LogP contribution in [0.5, 0.6) is 0 Å².